The first kappa shape index (κ1) is 17.5. The summed E-state index contributed by atoms with van der Waals surface area (Å²) in [5.41, 5.74) is 2.98. The average Bonchev–Trinajstić information content (AvgIpc) is 2.48. The molecular formula is C19H32N2O. The lowest BCUT2D eigenvalue weighted by Crippen LogP contribution is -2.37. The summed E-state index contributed by atoms with van der Waals surface area (Å²) < 4.78 is 0. The zero-order chi connectivity index (χ0) is 16.0. The van der Waals surface area contributed by atoms with Crippen LogP contribution in [0.5, 0.6) is 0 Å². The molecule has 1 fully saturated rings. The first-order chi connectivity index (χ1) is 10.4. The van der Waals surface area contributed by atoms with Gasteiger partial charge in [-0.2, -0.15) is 0 Å². The van der Waals surface area contributed by atoms with Crippen LogP contribution in [0.15, 0.2) is 24.3 Å². The number of rotatable bonds is 6. The molecule has 1 heterocycles. The average molecular weight is 304 g/mol. The number of hydrogen-bond acceptors (Lipinski definition) is 3. The summed E-state index contributed by atoms with van der Waals surface area (Å²) in [4.78, 5) is 2.46. The fourth-order valence-corrected chi connectivity index (χ4v) is 2.93. The minimum absolute atomic E-state index is 0.0644. The van der Waals surface area contributed by atoms with Crippen LogP contribution in [0.2, 0.25) is 0 Å². The Morgan fingerprint density at radius 2 is 1.77 bits per heavy atom. The van der Waals surface area contributed by atoms with Gasteiger partial charge in [0.05, 0.1) is 6.10 Å². The predicted octanol–water partition coefficient (Wildman–Crippen LogP) is 2.92. The molecule has 3 heteroatoms. The van der Waals surface area contributed by atoms with Crippen molar-refractivity contribution in [2.75, 3.05) is 26.2 Å². The van der Waals surface area contributed by atoms with Gasteiger partial charge in [-0.1, -0.05) is 45.0 Å². The van der Waals surface area contributed by atoms with Crippen LogP contribution in [0, 0.1) is 0 Å². The first-order valence-corrected chi connectivity index (χ1v) is 8.66. The molecule has 1 aromatic rings. The van der Waals surface area contributed by atoms with Crippen LogP contribution in [0.3, 0.4) is 0 Å². The van der Waals surface area contributed by atoms with Gasteiger partial charge in [0.2, 0.25) is 0 Å². The second-order valence-corrected chi connectivity index (χ2v) is 7.55. The Kier molecular flexibility index (Phi) is 6.42. The monoisotopic (exact) mass is 304 g/mol. The minimum atomic E-state index is -0.0644. The standard InChI is InChI=1S/C19H32N2O/c1-19(2,3)17-7-5-16(6-8-17)15-20-11-4-12-21-13-9-18(22)10-14-21/h5-8,18,20,22H,4,9-15H2,1-3H3. The van der Waals surface area contributed by atoms with E-state index in [1.54, 1.807) is 0 Å². The molecule has 0 bridgehead atoms. The Hall–Kier alpha value is -0.900. The van der Waals surface area contributed by atoms with E-state index in [0.717, 1.165) is 45.6 Å². The van der Waals surface area contributed by atoms with Crippen molar-refractivity contribution in [3.05, 3.63) is 35.4 Å². The second-order valence-electron chi connectivity index (χ2n) is 7.55. The second kappa shape index (κ2) is 8.09. The van der Waals surface area contributed by atoms with Gasteiger partial charge in [0.1, 0.15) is 0 Å². The van der Waals surface area contributed by atoms with Crippen molar-refractivity contribution < 1.29 is 5.11 Å². The van der Waals surface area contributed by atoms with Crippen molar-refractivity contribution in [1.82, 2.24) is 10.2 Å². The molecule has 0 radical (unpaired) electrons. The SMILES string of the molecule is CC(C)(C)c1ccc(CNCCCN2CCC(O)CC2)cc1. The fourth-order valence-electron chi connectivity index (χ4n) is 2.93. The van der Waals surface area contributed by atoms with Crippen LogP contribution in [-0.2, 0) is 12.0 Å². The van der Waals surface area contributed by atoms with E-state index in [1.165, 1.54) is 17.5 Å². The normalized spacial score (nSPS) is 17.8. The summed E-state index contributed by atoms with van der Waals surface area (Å²) in [6.45, 7) is 12.0. The van der Waals surface area contributed by atoms with Gasteiger partial charge in [0.25, 0.3) is 0 Å². The quantitative estimate of drug-likeness (QED) is 0.793. The number of nitrogens with one attached hydrogen (secondary N) is 1. The minimum Gasteiger partial charge on any atom is -0.393 e. The highest BCUT2D eigenvalue weighted by Gasteiger charge is 2.16. The Morgan fingerprint density at radius 3 is 2.36 bits per heavy atom. The van der Waals surface area contributed by atoms with E-state index in [4.69, 9.17) is 0 Å². The number of aliphatic hydroxyl groups is 1. The summed E-state index contributed by atoms with van der Waals surface area (Å²) in [5.74, 6) is 0. The molecule has 3 nitrogen and oxygen atoms in total. The molecule has 0 aliphatic carbocycles. The Labute approximate surface area is 135 Å². The van der Waals surface area contributed by atoms with E-state index in [-0.39, 0.29) is 11.5 Å². The van der Waals surface area contributed by atoms with Gasteiger partial charge in [-0.15, -0.1) is 0 Å². The fraction of sp³-hybridized carbons (Fsp3) is 0.684. The van der Waals surface area contributed by atoms with E-state index in [1.807, 2.05) is 0 Å². The van der Waals surface area contributed by atoms with Crippen molar-refractivity contribution >= 4 is 0 Å². The topological polar surface area (TPSA) is 35.5 Å². The number of aliphatic hydroxyl groups excluding tert-OH is 1. The van der Waals surface area contributed by atoms with E-state index < -0.39 is 0 Å². The summed E-state index contributed by atoms with van der Waals surface area (Å²) >= 11 is 0. The summed E-state index contributed by atoms with van der Waals surface area (Å²) in [5, 5.41) is 13.0. The number of hydrogen-bond donors (Lipinski definition) is 2. The van der Waals surface area contributed by atoms with Crippen LogP contribution in [0.1, 0.15) is 51.2 Å². The molecule has 0 aromatic heterocycles. The molecular weight excluding hydrogens is 272 g/mol. The summed E-state index contributed by atoms with van der Waals surface area (Å²) in [6.07, 6.45) is 2.99. The van der Waals surface area contributed by atoms with Gasteiger partial charge >= 0.3 is 0 Å². The smallest absolute Gasteiger partial charge is 0.0564 e. The number of benzene rings is 1. The Morgan fingerprint density at radius 1 is 1.14 bits per heavy atom. The van der Waals surface area contributed by atoms with Gasteiger partial charge in [-0.25, -0.2) is 0 Å². The van der Waals surface area contributed by atoms with Crippen molar-refractivity contribution in [2.24, 2.45) is 0 Å². The molecule has 0 spiro atoms. The van der Waals surface area contributed by atoms with Crippen LogP contribution in [0.4, 0.5) is 0 Å². The number of piperidine rings is 1. The van der Waals surface area contributed by atoms with Gasteiger partial charge in [-0.3, -0.25) is 0 Å². The predicted molar refractivity (Wildman–Crippen MR) is 93.1 cm³/mol. The maximum atomic E-state index is 9.49. The maximum absolute atomic E-state index is 9.49. The third-order valence-corrected chi connectivity index (χ3v) is 4.53. The molecule has 0 unspecified atom stereocenters. The van der Waals surface area contributed by atoms with E-state index in [2.05, 4.69) is 55.3 Å². The summed E-state index contributed by atoms with van der Waals surface area (Å²) in [6, 6.07) is 8.96. The molecule has 22 heavy (non-hydrogen) atoms. The molecule has 1 aliphatic rings. The lowest BCUT2D eigenvalue weighted by atomic mass is 9.87. The van der Waals surface area contributed by atoms with E-state index >= 15 is 0 Å². The highest BCUT2D eigenvalue weighted by atomic mass is 16.3. The Balaban J connectivity index is 1.60. The molecule has 1 aliphatic heterocycles. The first-order valence-electron chi connectivity index (χ1n) is 8.66. The van der Waals surface area contributed by atoms with Gasteiger partial charge in [-0.05, 0) is 48.9 Å². The zero-order valence-corrected chi connectivity index (χ0v) is 14.4. The molecule has 2 rings (SSSR count). The van der Waals surface area contributed by atoms with Crippen molar-refractivity contribution in [3.63, 3.8) is 0 Å². The van der Waals surface area contributed by atoms with Crippen LogP contribution < -0.4 is 5.32 Å². The molecule has 1 saturated heterocycles. The molecule has 124 valence electrons. The van der Waals surface area contributed by atoms with Crippen molar-refractivity contribution in [2.45, 2.75) is 58.1 Å². The van der Waals surface area contributed by atoms with Crippen LogP contribution >= 0.6 is 0 Å². The lowest BCUT2D eigenvalue weighted by Gasteiger charge is -2.29. The lowest BCUT2D eigenvalue weighted by molar-refractivity contribution is 0.0821. The van der Waals surface area contributed by atoms with Crippen LogP contribution in [0.25, 0.3) is 0 Å². The van der Waals surface area contributed by atoms with Gasteiger partial charge in [0, 0.05) is 19.6 Å². The number of nitrogens with zero attached hydrogens (tertiary/aromatic N) is 1. The van der Waals surface area contributed by atoms with Gasteiger partial charge in [0.15, 0.2) is 0 Å². The number of likely N-dealkylation sites (tertiary alicyclic amines) is 1. The molecule has 2 N–H and O–H groups in total. The van der Waals surface area contributed by atoms with Crippen molar-refractivity contribution in [3.8, 4) is 0 Å². The zero-order valence-electron chi connectivity index (χ0n) is 14.4. The maximum Gasteiger partial charge on any atom is 0.0564 e. The largest absolute Gasteiger partial charge is 0.393 e. The highest BCUT2D eigenvalue weighted by Crippen LogP contribution is 2.22. The van der Waals surface area contributed by atoms with Crippen molar-refractivity contribution in [1.29, 1.82) is 0 Å². The molecule has 0 atom stereocenters. The molecule has 1 aromatic carbocycles. The van der Waals surface area contributed by atoms with Crippen LogP contribution in [-0.4, -0.2) is 42.3 Å². The van der Waals surface area contributed by atoms with Gasteiger partial charge < -0.3 is 15.3 Å². The summed E-state index contributed by atoms with van der Waals surface area (Å²) in [7, 11) is 0. The third-order valence-electron chi connectivity index (χ3n) is 4.53. The highest BCUT2D eigenvalue weighted by molar-refractivity contribution is 5.27. The Bertz CT molecular complexity index is 428. The molecule has 0 amide bonds. The third kappa shape index (κ3) is 5.71. The molecule has 0 saturated carbocycles. The van der Waals surface area contributed by atoms with E-state index in [9.17, 15) is 5.11 Å². The van der Waals surface area contributed by atoms with E-state index in [0.29, 0.717) is 0 Å².